The van der Waals surface area contributed by atoms with Crippen LogP contribution in [0.15, 0.2) is 18.2 Å². The van der Waals surface area contributed by atoms with Crippen LogP contribution in [0.3, 0.4) is 0 Å². The summed E-state index contributed by atoms with van der Waals surface area (Å²) in [6.45, 7) is 2.47. The average Bonchev–Trinajstić information content (AvgIpc) is 2.90. The number of aromatic amines is 1. The molecular weight excluding hydrogens is 361 g/mol. The molecule has 0 amide bonds. The van der Waals surface area contributed by atoms with E-state index in [1.54, 1.807) is 13.2 Å². The maximum absolute atomic E-state index is 13.3. The zero-order valence-electron chi connectivity index (χ0n) is 15.9. The highest BCUT2D eigenvalue weighted by atomic mass is 19.1. The van der Waals surface area contributed by atoms with Gasteiger partial charge in [-0.3, -0.25) is 0 Å². The number of anilines is 2. The lowest BCUT2D eigenvalue weighted by atomic mass is 10.2. The fraction of sp³-hybridized carbons (Fsp3) is 0.474. The van der Waals surface area contributed by atoms with Crippen molar-refractivity contribution in [2.24, 2.45) is 0 Å². The van der Waals surface area contributed by atoms with Crippen molar-refractivity contribution >= 4 is 22.9 Å². The van der Waals surface area contributed by atoms with Gasteiger partial charge in [-0.1, -0.05) is 12.8 Å². The molecule has 0 unspecified atom stereocenters. The first kappa shape index (κ1) is 18.4. The first-order valence-electron chi connectivity index (χ1n) is 9.64. The molecule has 2 aromatic heterocycles. The summed E-state index contributed by atoms with van der Waals surface area (Å²) in [5.74, 6) is 1.63. The van der Waals surface area contributed by atoms with Crippen LogP contribution in [0.4, 0.5) is 16.3 Å². The number of H-pyrrole nitrogens is 1. The van der Waals surface area contributed by atoms with Gasteiger partial charge < -0.3 is 19.9 Å². The summed E-state index contributed by atoms with van der Waals surface area (Å²) < 4.78 is 18.6. The number of ether oxygens (including phenoxy) is 1. The van der Waals surface area contributed by atoms with E-state index in [-0.39, 0.29) is 5.82 Å². The predicted octanol–water partition coefficient (Wildman–Crippen LogP) is 2.93. The number of aromatic nitrogens is 5. The van der Waals surface area contributed by atoms with Gasteiger partial charge in [-0.05, 0) is 31.0 Å². The van der Waals surface area contributed by atoms with Crippen LogP contribution in [0, 0.1) is 5.82 Å². The normalized spacial score (nSPS) is 14.9. The minimum atomic E-state index is -0.279. The number of rotatable bonds is 6. The van der Waals surface area contributed by atoms with Gasteiger partial charge >= 0.3 is 6.01 Å². The van der Waals surface area contributed by atoms with Crippen LogP contribution in [-0.4, -0.2) is 51.7 Å². The molecule has 3 heterocycles. The second kappa shape index (κ2) is 8.37. The third kappa shape index (κ3) is 4.29. The van der Waals surface area contributed by atoms with Crippen LogP contribution < -0.4 is 15.0 Å². The molecule has 0 aliphatic carbocycles. The van der Waals surface area contributed by atoms with Crippen molar-refractivity contribution in [2.75, 3.05) is 37.0 Å². The van der Waals surface area contributed by atoms with Gasteiger partial charge in [-0.2, -0.15) is 15.0 Å². The number of benzene rings is 1. The molecule has 9 heteroatoms. The summed E-state index contributed by atoms with van der Waals surface area (Å²) >= 11 is 0. The zero-order chi connectivity index (χ0) is 19.3. The average molecular weight is 385 g/mol. The van der Waals surface area contributed by atoms with Crippen LogP contribution in [0.5, 0.6) is 6.01 Å². The minimum Gasteiger partial charge on any atom is -0.467 e. The number of nitrogens with one attached hydrogen (secondary N) is 2. The van der Waals surface area contributed by atoms with Gasteiger partial charge in [0, 0.05) is 26.1 Å². The predicted molar refractivity (Wildman–Crippen MR) is 105 cm³/mol. The molecule has 1 aliphatic rings. The lowest BCUT2D eigenvalue weighted by molar-refractivity contribution is 0.378. The van der Waals surface area contributed by atoms with Crippen molar-refractivity contribution in [1.82, 2.24) is 24.9 Å². The highest BCUT2D eigenvalue weighted by Crippen LogP contribution is 2.19. The Labute approximate surface area is 162 Å². The molecule has 0 bridgehead atoms. The second-order valence-corrected chi connectivity index (χ2v) is 6.87. The van der Waals surface area contributed by atoms with E-state index >= 15 is 0 Å². The van der Waals surface area contributed by atoms with Gasteiger partial charge in [0.05, 0.1) is 18.1 Å². The van der Waals surface area contributed by atoms with Crippen LogP contribution in [-0.2, 0) is 6.42 Å². The lowest BCUT2D eigenvalue weighted by Gasteiger charge is -2.20. The van der Waals surface area contributed by atoms with Gasteiger partial charge in [0.2, 0.25) is 11.9 Å². The Morgan fingerprint density at radius 2 is 1.93 bits per heavy atom. The molecule has 4 rings (SSSR count). The number of hydrogen-bond acceptors (Lipinski definition) is 7. The van der Waals surface area contributed by atoms with Crippen LogP contribution >= 0.6 is 0 Å². The fourth-order valence-corrected chi connectivity index (χ4v) is 3.37. The number of methoxy groups -OCH3 is 1. The van der Waals surface area contributed by atoms with Crippen molar-refractivity contribution < 1.29 is 9.13 Å². The largest absolute Gasteiger partial charge is 0.467 e. The number of nitrogens with zero attached hydrogens (tertiary/aromatic N) is 5. The van der Waals surface area contributed by atoms with Gasteiger partial charge in [0.1, 0.15) is 11.6 Å². The first-order chi connectivity index (χ1) is 13.7. The maximum Gasteiger partial charge on any atom is 0.322 e. The number of imidazole rings is 1. The second-order valence-electron chi connectivity index (χ2n) is 6.87. The first-order valence-corrected chi connectivity index (χ1v) is 9.64. The van der Waals surface area contributed by atoms with E-state index < -0.39 is 0 Å². The van der Waals surface area contributed by atoms with Crippen LogP contribution in [0.2, 0.25) is 0 Å². The molecule has 0 saturated carbocycles. The van der Waals surface area contributed by atoms with E-state index in [0.717, 1.165) is 37.3 Å². The highest BCUT2D eigenvalue weighted by molar-refractivity contribution is 5.74. The van der Waals surface area contributed by atoms with Crippen molar-refractivity contribution in [3.63, 3.8) is 0 Å². The van der Waals surface area contributed by atoms with Gasteiger partial charge in [-0.25, -0.2) is 9.37 Å². The summed E-state index contributed by atoms with van der Waals surface area (Å²) in [4.78, 5) is 23.1. The Balaban J connectivity index is 1.43. The Bertz CT molecular complexity index is 937. The highest BCUT2D eigenvalue weighted by Gasteiger charge is 2.16. The zero-order valence-corrected chi connectivity index (χ0v) is 15.9. The third-order valence-corrected chi connectivity index (χ3v) is 4.81. The Kier molecular flexibility index (Phi) is 5.50. The molecule has 148 valence electrons. The smallest absolute Gasteiger partial charge is 0.322 e. The standard InChI is InChI=1S/C19H24FN7O/c1-28-19-25-17(24-18(26-19)27-10-4-2-3-5-11-27)21-9-8-16-22-14-7-6-13(20)12-15(14)23-16/h6-7,12H,2-5,8-11H2,1H3,(H,22,23)(H,21,24,25,26). The summed E-state index contributed by atoms with van der Waals surface area (Å²) in [5.41, 5.74) is 1.45. The quantitative estimate of drug-likeness (QED) is 0.674. The lowest BCUT2D eigenvalue weighted by Crippen LogP contribution is -2.27. The van der Waals surface area contributed by atoms with Crippen molar-refractivity contribution in [1.29, 1.82) is 0 Å². The summed E-state index contributed by atoms with van der Waals surface area (Å²) in [5, 5.41) is 3.22. The molecule has 1 fully saturated rings. The van der Waals surface area contributed by atoms with Crippen molar-refractivity contribution in [2.45, 2.75) is 32.1 Å². The summed E-state index contributed by atoms with van der Waals surface area (Å²) in [6, 6.07) is 4.83. The summed E-state index contributed by atoms with van der Waals surface area (Å²) in [6.07, 6.45) is 5.40. The number of halogens is 1. The maximum atomic E-state index is 13.3. The minimum absolute atomic E-state index is 0.279. The topological polar surface area (TPSA) is 91.8 Å². The van der Waals surface area contributed by atoms with Gasteiger partial charge in [0.25, 0.3) is 0 Å². The van der Waals surface area contributed by atoms with Gasteiger partial charge in [0.15, 0.2) is 0 Å². The molecule has 8 nitrogen and oxygen atoms in total. The molecule has 3 aromatic rings. The molecule has 2 N–H and O–H groups in total. The van der Waals surface area contributed by atoms with E-state index in [4.69, 9.17) is 4.74 Å². The third-order valence-electron chi connectivity index (χ3n) is 4.81. The molecule has 0 atom stereocenters. The Hall–Kier alpha value is -2.97. The molecule has 1 aliphatic heterocycles. The van der Waals surface area contributed by atoms with E-state index in [2.05, 4.69) is 35.1 Å². The number of fused-ring (bicyclic) bond motifs is 1. The molecule has 0 radical (unpaired) electrons. The molecule has 1 saturated heterocycles. The number of hydrogen-bond donors (Lipinski definition) is 2. The molecule has 28 heavy (non-hydrogen) atoms. The molecule has 0 spiro atoms. The van der Waals surface area contributed by atoms with E-state index in [1.165, 1.54) is 25.0 Å². The fourth-order valence-electron chi connectivity index (χ4n) is 3.37. The summed E-state index contributed by atoms with van der Waals surface area (Å²) in [7, 11) is 1.55. The van der Waals surface area contributed by atoms with Crippen molar-refractivity contribution in [3.05, 3.63) is 29.8 Å². The Morgan fingerprint density at radius 3 is 2.71 bits per heavy atom. The molecular formula is C19H24FN7O. The monoisotopic (exact) mass is 385 g/mol. The van der Waals surface area contributed by atoms with Crippen LogP contribution in [0.25, 0.3) is 11.0 Å². The van der Waals surface area contributed by atoms with E-state index in [1.807, 2.05) is 0 Å². The van der Waals surface area contributed by atoms with E-state index in [0.29, 0.717) is 36.4 Å². The van der Waals surface area contributed by atoms with Crippen molar-refractivity contribution in [3.8, 4) is 6.01 Å². The SMILES string of the molecule is COc1nc(NCCc2nc3ccc(F)cc3[nH]2)nc(N2CCCCCC2)n1. The molecule has 1 aromatic carbocycles. The van der Waals surface area contributed by atoms with E-state index in [9.17, 15) is 4.39 Å². The van der Waals surface area contributed by atoms with Gasteiger partial charge in [-0.15, -0.1) is 0 Å². The Morgan fingerprint density at radius 1 is 1.11 bits per heavy atom. The van der Waals surface area contributed by atoms with Crippen LogP contribution in [0.1, 0.15) is 31.5 Å².